The second-order valence-corrected chi connectivity index (χ2v) is 6.82. The molecule has 25 heavy (non-hydrogen) atoms. The topological polar surface area (TPSA) is 90.2 Å². The second-order valence-electron chi connectivity index (χ2n) is 6.82. The van der Waals surface area contributed by atoms with Crippen LogP contribution >= 0.6 is 0 Å². The average molecular weight is 346 g/mol. The molecule has 0 bridgehead atoms. The largest absolute Gasteiger partial charge is 0.383 e. The summed E-state index contributed by atoms with van der Waals surface area (Å²) in [4.78, 5) is 32.3. The number of aromatic amines is 2. The van der Waals surface area contributed by atoms with Crippen molar-refractivity contribution < 1.29 is 9.53 Å². The lowest BCUT2D eigenvalue weighted by molar-refractivity contribution is -0.121. The maximum Gasteiger partial charge on any atom is 0.323 e. The van der Waals surface area contributed by atoms with Crippen LogP contribution in [0.1, 0.15) is 24.0 Å². The van der Waals surface area contributed by atoms with Crippen LogP contribution in [0.2, 0.25) is 0 Å². The standard InChI is InChI=1S/C18H26N4O3/c1-11-9-14-16(21-18(24)19-14)15(12(11)2)20-17(23)13-5-4-6-22(10-13)7-8-25-3/h9,13H,4-8,10H2,1-3H3,(H,20,23)(H2,19,21,24). The zero-order chi connectivity index (χ0) is 18.0. The molecule has 1 fully saturated rings. The third kappa shape index (κ3) is 3.77. The molecule has 1 aromatic carbocycles. The third-order valence-electron chi connectivity index (χ3n) is 5.07. The summed E-state index contributed by atoms with van der Waals surface area (Å²) >= 11 is 0. The van der Waals surface area contributed by atoms with Crippen molar-refractivity contribution in [2.75, 3.05) is 38.7 Å². The van der Waals surface area contributed by atoms with E-state index >= 15 is 0 Å². The Morgan fingerprint density at radius 2 is 2.20 bits per heavy atom. The Labute approximate surface area is 146 Å². The molecule has 3 N–H and O–H groups in total. The van der Waals surface area contributed by atoms with Crippen LogP contribution in [-0.4, -0.2) is 54.1 Å². The number of aromatic nitrogens is 2. The van der Waals surface area contributed by atoms with E-state index in [9.17, 15) is 9.59 Å². The predicted octanol–water partition coefficient (Wildman–Crippen LogP) is 1.77. The molecule has 1 aliphatic heterocycles. The van der Waals surface area contributed by atoms with E-state index in [-0.39, 0.29) is 17.5 Å². The van der Waals surface area contributed by atoms with E-state index in [0.717, 1.165) is 43.6 Å². The van der Waals surface area contributed by atoms with Crippen molar-refractivity contribution in [3.63, 3.8) is 0 Å². The number of carbonyl (C=O) groups excluding carboxylic acids is 1. The molecular formula is C18H26N4O3. The van der Waals surface area contributed by atoms with Gasteiger partial charge in [-0.05, 0) is 50.4 Å². The maximum absolute atomic E-state index is 12.8. The molecule has 3 rings (SSSR count). The molecule has 7 heteroatoms. The molecule has 2 heterocycles. The molecule has 1 unspecified atom stereocenters. The number of benzene rings is 1. The van der Waals surface area contributed by atoms with Crippen LogP contribution < -0.4 is 11.0 Å². The van der Waals surface area contributed by atoms with Crippen LogP contribution in [-0.2, 0) is 9.53 Å². The van der Waals surface area contributed by atoms with Gasteiger partial charge in [0, 0.05) is 20.2 Å². The number of H-pyrrole nitrogens is 2. The Bertz CT molecular complexity index is 824. The number of anilines is 1. The maximum atomic E-state index is 12.8. The molecule has 0 spiro atoms. The summed E-state index contributed by atoms with van der Waals surface area (Å²) in [5.41, 5.74) is 3.82. The fourth-order valence-electron chi connectivity index (χ4n) is 3.49. The number of methoxy groups -OCH3 is 1. The van der Waals surface area contributed by atoms with Crippen molar-refractivity contribution in [3.8, 4) is 0 Å². The predicted molar refractivity (Wildman–Crippen MR) is 98.1 cm³/mol. The normalized spacial score (nSPS) is 18.6. The molecule has 1 amide bonds. The van der Waals surface area contributed by atoms with Crippen molar-refractivity contribution in [1.29, 1.82) is 0 Å². The lowest BCUT2D eigenvalue weighted by atomic mass is 9.96. The summed E-state index contributed by atoms with van der Waals surface area (Å²) in [6.45, 7) is 7.21. The minimum absolute atomic E-state index is 0.0131. The highest BCUT2D eigenvalue weighted by atomic mass is 16.5. The first-order valence-corrected chi connectivity index (χ1v) is 8.74. The summed E-state index contributed by atoms with van der Waals surface area (Å²) in [5.74, 6) is -0.0367. The van der Waals surface area contributed by atoms with Gasteiger partial charge in [-0.2, -0.15) is 0 Å². The van der Waals surface area contributed by atoms with Crippen molar-refractivity contribution in [3.05, 3.63) is 27.7 Å². The number of nitrogens with one attached hydrogen (secondary N) is 3. The fraction of sp³-hybridized carbons (Fsp3) is 0.556. The number of ether oxygens (including phenoxy) is 1. The number of imidazole rings is 1. The molecule has 1 aliphatic rings. The van der Waals surface area contributed by atoms with Crippen LogP contribution in [0.5, 0.6) is 0 Å². The Kier molecular flexibility index (Phi) is 5.24. The van der Waals surface area contributed by atoms with E-state index in [1.165, 1.54) is 0 Å². The molecule has 136 valence electrons. The summed E-state index contributed by atoms with van der Waals surface area (Å²) in [6, 6.07) is 1.92. The highest BCUT2D eigenvalue weighted by Gasteiger charge is 2.26. The molecule has 0 saturated carbocycles. The van der Waals surface area contributed by atoms with Gasteiger partial charge in [0.15, 0.2) is 0 Å². The van der Waals surface area contributed by atoms with Crippen LogP contribution in [0.15, 0.2) is 10.9 Å². The number of hydrogen-bond donors (Lipinski definition) is 3. The molecule has 0 aliphatic carbocycles. The number of amides is 1. The average Bonchev–Trinajstić information content (AvgIpc) is 2.97. The molecular weight excluding hydrogens is 320 g/mol. The van der Waals surface area contributed by atoms with Gasteiger partial charge in [-0.25, -0.2) is 4.79 Å². The Hall–Kier alpha value is -2.12. The number of rotatable bonds is 5. The number of hydrogen-bond acceptors (Lipinski definition) is 4. The van der Waals surface area contributed by atoms with Gasteiger partial charge in [-0.3, -0.25) is 4.79 Å². The van der Waals surface area contributed by atoms with Gasteiger partial charge in [-0.1, -0.05) is 0 Å². The number of carbonyl (C=O) groups is 1. The molecule has 0 radical (unpaired) electrons. The van der Waals surface area contributed by atoms with Gasteiger partial charge in [0.25, 0.3) is 0 Å². The first-order chi connectivity index (χ1) is 12.0. The first kappa shape index (κ1) is 17.7. The van der Waals surface area contributed by atoms with Crippen LogP contribution in [0.25, 0.3) is 11.0 Å². The Morgan fingerprint density at radius 1 is 1.40 bits per heavy atom. The van der Waals surface area contributed by atoms with Gasteiger partial charge in [-0.15, -0.1) is 0 Å². The molecule has 1 aromatic heterocycles. The highest BCUT2D eigenvalue weighted by Crippen LogP contribution is 2.28. The van der Waals surface area contributed by atoms with E-state index in [1.54, 1.807) is 7.11 Å². The molecule has 7 nitrogen and oxygen atoms in total. The minimum atomic E-state index is -0.265. The summed E-state index contributed by atoms with van der Waals surface area (Å²) in [7, 11) is 1.69. The van der Waals surface area contributed by atoms with E-state index in [0.29, 0.717) is 23.3 Å². The van der Waals surface area contributed by atoms with Crippen molar-refractivity contribution in [2.24, 2.45) is 5.92 Å². The summed E-state index contributed by atoms with van der Waals surface area (Å²) < 4.78 is 5.14. The zero-order valence-electron chi connectivity index (χ0n) is 15.1. The van der Waals surface area contributed by atoms with Gasteiger partial charge in [0.2, 0.25) is 5.91 Å². The van der Waals surface area contributed by atoms with Crippen molar-refractivity contribution in [2.45, 2.75) is 26.7 Å². The monoisotopic (exact) mass is 346 g/mol. The number of aryl methyl sites for hydroxylation is 1. The van der Waals surface area contributed by atoms with Crippen molar-refractivity contribution in [1.82, 2.24) is 14.9 Å². The fourth-order valence-corrected chi connectivity index (χ4v) is 3.49. The minimum Gasteiger partial charge on any atom is -0.383 e. The summed E-state index contributed by atoms with van der Waals surface area (Å²) in [6.07, 6.45) is 1.89. The summed E-state index contributed by atoms with van der Waals surface area (Å²) in [5, 5.41) is 3.07. The number of nitrogens with zero attached hydrogens (tertiary/aromatic N) is 1. The van der Waals surface area contributed by atoms with Gasteiger partial charge in [0.05, 0.1) is 29.2 Å². The van der Waals surface area contributed by atoms with E-state index < -0.39 is 0 Å². The van der Waals surface area contributed by atoms with Gasteiger partial charge < -0.3 is 24.9 Å². The lowest BCUT2D eigenvalue weighted by Crippen LogP contribution is -2.42. The Morgan fingerprint density at radius 3 is 2.96 bits per heavy atom. The van der Waals surface area contributed by atoms with Crippen LogP contribution in [0.3, 0.4) is 0 Å². The smallest absolute Gasteiger partial charge is 0.323 e. The van der Waals surface area contributed by atoms with Crippen LogP contribution in [0, 0.1) is 19.8 Å². The Balaban J connectivity index is 1.80. The van der Waals surface area contributed by atoms with Gasteiger partial charge >= 0.3 is 5.69 Å². The number of likely N-dealkylation sites (tertiary alicyclic amines) is 1. The molecule has 1 saturated heterocycles. The quantitative estimate of drug-likeness (QED) is 0.770. The van der Waals surface area contributed by atoms with Crippen molar-refractivity contribution >= 4 is 22.6 Å². The van der Waals surface area contributed by atoms with Crippen LogP contribution in [0.4, 0.5) is 5.69 Å². The van der Waals surface area contributed by atoms with E-state index in [1.807, 2.05) is 19.9 Å². The number of fused-ring (bicyclic) bond motifs is 1. The van der Waals surface area contributed by atoms with E-state index in [2.05, 4.69) is 20.2 Å². The SMILES string of the molecule is COCCN1CCCC(C(=O)Nc2c(C)c(C)cc3[nH]c(=O)[nH]c23)C1. The highest BCUT2D eigenvalue weighted by molar-refractivity contribution is 6.02. The van der Waals surface area contributed by atoms with Gasteiger partial charge in [0.1, 0.15) is 0 Å². The third-order valence-corrected chi connectivity index (χ3v) is 5.07. The molecule has 2 aromatic rings. The zero-order valence-corrected chi connectivity index (χ0v) is 15.1. The lowest BCUT2D eigenvalue weighted by Gasteiger charge is -2.31. The molecule has 1 atom stereocenters. The second kappa shape index (κ2) is 7.41. The number of piperidine rings is 1. The first-order valence-electron chi connectivity index (χ1n) is 8.74. The van der Waals surface area contributed by atoms with E-state index in [4.69, 9.17) is 4.74 Å².